The highest BCUT2D eigenvalue weighted by molar-refractivity contribution is 6.26. The summed E-state index contributed by atoms with van der Waals surface area (Å²) in [7, 11) is 0. The third-order valence-corrected chi connectivity index (χ3v) is 13.7. The number of hydrogen-bond acceptors (Lipinski definition) is 3. The number of aromatic nitrogens is 4. The summed E-state index contributed by atoms with van der Waals surface area (Å²) < 4.78 is 2.41. The van der Waals surface area contributed by atoms with E-state index in [9.17, 15) is 0 Å². The Hall–Kier alpha value is -8.99. The molecule has 4 nitrogen and oxygen atoms in total. The van der Waals surface area contributed by atoms with E-state index in [0.717, 1.165) is 83.1 Å². The molecule has 0 amide bonds. The predicted octanol–water partition coefficient (Wildman–Crippen LogP) is 16.6. The molecule has 0 aliphatic rings. The highest BCUT2D eigenvalue weighted by Gasteiger charge is 2.19. The molecule has 0 fully saturated rings. The average Bonchev–Trinajstić information content (AvgIpc) is 3.72. The van der Waals surface area contributed by atoms with Crippen LogP contribution in [0, 0.1) is 0 Å². The van der Waals surface area contributed by atoms with Crippen LogP contribution < -0.4 is 0 Å². The number of benzene rings is 11. The van der Waals surface area contributed by atoms with Gasteiger partial charge < -0.3 is 4.57 Å². The number of pyridine rings is 1. The first-order valence-corrected chi connectivity index (χ1v) is 22.8. The smallest absolute Gasteiger partial charge is 0.160 e. The van der Waals surface area contributed by atoms with Crippen molar-refractivity contribution < 1.29 is 0 Å². The van der Waals surface area contributed by atoms with Crippen molar-refractivity contribution in [2.75, 3.05) is 0 Å². The van der Waals surface area contributed by atoms with Crippen LogP contribution in [0.3, 0.4) is 0 Å². The molecule has 0 aliphatic carbocycles. The summed E-state index contributed by atoms with van der Waals surface area (Å²) >= 11 is 0. The maximum Gasteiger partial charge on any atom is 0.160 e. The van der Waals surface area contributed by atoms with Crippen molar-refractivity contribution in [3.63, 3.8) is 0 Å². The largest absolute Gasteiger partial charge is 0.309 e. The van der Waals surface area contributed by atoms with Gasteiger partial charge in [-0.3, -0.25) is 0 Å². The first-order chi connectivity index (χ1) is 33.2. The highest BCUT2D eigenvalue weighted by Crippen LogP contribution is 2.42. The molecular formula is C63H38N4. The van der Waals surface area contributed by atoms with E-state index in [-0.39, 0.29) is 0 Å². The third-order valence-electron chi connectivity index (χ3n) is 13.7. The second-order valence-electron chi connectivity index (χ2n) is 17.5. The molecule has 4 heteroatoms. The van der Waals surface area contributed by atoms with Gasteiger partial charge in [0.2, 0.25) is 0 Å². The minimum absolute atomic E-state index is 0.694. The molecule has 0 atom stereocenters. The maximum absolute atomic E-state index is 5.41. The Balaban J connectivity index is 0.935. The first-order valence-electron chi connectivity index (χ1n) is 22.8. The van der Waals surface area contributed by atoms with Crippen LogP contribution in [0.25, 0.3) is 137 Å². The lowest BCUT2D eigenvalue weighted by atomic mass is 9.92. The maximum atomic E-state index is 5.41. The fourth-order valence-electron chi connectivity index (χ4n) is 10.6. The van der Waals surface area contributed by atoms with Crippen LogP contribution in [-0.2, 0) is 0 Å². The summed E-state index contributed by atoms with van der Waals surface area (Å²) in [6, 6.07) is 82.7. The van der Waals surface area contributed by atoms with Gasteiger partial charge in [0, 0.05) is 49.3 Å². The molecule has 14 aromatic rings. The molecule has 0 unspecified atom stereocenters. The molecule has 11 aromatic carbocycles. The molecule has 3 heterocycles. The van der Waals surface area contributed by atoms with Gasteiger partial charge in [0.05, 0.1) is 33.5 Å². The average molecular weight is 851 g/mol. The Labute approximate surface area is 385 Å². The Kier molecular flexibility index (Phi) is 8.25. The summed E-state index contributed by atoms with van der Waals surface area (Å²) in [5, 5.41) is 14.3. The van der Waals surface area contributed by atoms with E-state index in [0.29, 0.717) is 5.82 Å². The summed E-state index contributed by atoms with van der Waals surface area (Å²) in [5.74, 6) is 0.694. The zero-order valence-electron chi connectivity index (χ0n) is 36.2. The minimum atomic E-state index is 0.694. The second kappa shape index (κ2) is 14.8. The van der Waals surface area contributed by atoms with Crippen molar-refractivity contribution in [1.29, 1.82) is 0 Å². The number of fused-ring (bicyclic) bond motifs is 13. The van der Waals surface area contributed by atoms with E-state index in [1.165, 1.54) is 48.5 Å². The number of rotatable bonds is 5. The zero-order valence-corrected chi connectivity index (χ0v) is 36.2. The number of hydrogen-bond donors (Lipinski definition) is 0. The molecule has 3 aromatic heterocycles. The molecular weight excluding hydrogens is 813 g/mol. The Morgan fingerprint density at radius 1 is 0.239 bits per heavy atom. The van der Waals surface area contributed by atoms with Gasteiger partial charge >= 0.3 is 0 Å². The zero-order chi connectivity index (χ0) is 44.0. The molecule has 14 rings (SSSR count). The first kappa shape index (κ1) is 37.4. The fraction of sp³-hybridized carbons (Fsp3) is 0. The van der Waals surface area contributed by atoms with Crippen LogP contribution in [0.15, 0.2) is 231 Å². The van der Waals surface area contributed by atoms with Gasteiger partial charge in [-0.1, -0.05) is 182 Å². The van der Waals surface area contributed by atoms with Crippen molar-refractivity contribution in [1.82, 2.24) is 19.5 Å². The number of para-hydroxylation sites is 2. The molecule has 0 radical (unpaired) electrons. The Morgan fingerprint density at radius 2 is 0.761 bits per heavy atom. The van der Waals surface area contributed by atoms with E-state index in [2.05, 4.69) is 235 Å². The molecule has 0 N–H and O–H groups in total. The summed E-state index contributed by atoms with van der Waals surface area (Å²) in [5.41, 5.74) is 12.5. The molecule has 0 saturated heterocycles. The van der Waals surface area contributed by atoms with Crippen molar-refractivity contribution in [3.05, 3.63) is 231 Å². The normalized spacial score (nSPS) is 11.9. The van der Waals surface area contributed by atoms with Gasteiger partial charge in [0.25, 0.3) is 0 Å². The fourth-order valence-corrected chi connectivity index (χ4v) is 10.6. The van der Waals surface area contributed by atoms with Crippen molar-refractivity contribution in [2.24, 2.45) is 0 Å². The lowest BCUT2D eigenvalue weighted by molar-refractivity contribution is 1.18. The van der Waals surface area contributed by atoms with E-state index < -0.39 is 0 Å². The predicted molar refractivity (Wildman–Crippen MR) is 281 cm³/mol. The van der Waals surface area contributed by atoms with E-state index in [1.807, 2.05) is 0 Å². The summed E-state index contributed by atoms with van der Waals surface area (Å²) in [4.78, 5) is 16.0. The Morgan fingerprint density at radius 3 is 1.51 bits per heavy atom. The SMILES string of the molecule is c1ccc(-c2nc3cc4c5ccc(-c6cccc(-c7nc(-c8ccc9c%10ccccc%10c%10ccccc%10c9c8)c8ccccc8n7)c6)cc5n(-c5ccccc5)c4cc3c3ccccc23)cc1. The monoisotopic (exact) mass is 850 g/mol. The van der Waals surface area contributed by atoms with E-state index in [1.54, 1.807) is 0 Å². The second-order valence-corrected chi connectivity index (χ2v) is 17.5. The van der Waals surface area contributed by atoms with Crippen LogP contribution >= 0.6 is 0 Å². The van der Waals surface area contributed by atoms with Crippen LogP contribution in [0.5, 0.6) is 0 Å². The van der Waals surface area contributed by atoms with Gasteiger partial charge in [-0.05, 0) is 97.4 Å². The molecule has 310 valence electrons. The standard InChI is InChI=1S/C63H38N4/c1-3-16-39(17-4-1)61-52-27-12-11-26-49(52)55-38-60-56(37-58(55)64-61)51-33-30-41(36-59(51)67(60)44-20-5-2-6-21-44)40-18-15-19-43(34-40)63-65-57-29-14-13-28-53(57)62(66-63)42-31-32-50-47-24-8-7-22-45(47)46-23-9-10-25-48(46)54(50)35-42/h1-38H. The van der Waals surface area contributed by atoms with Crippen molar-refractivity contribution >= 4 is 86.7 Å². The lowest BCUT2D eigenvalue weighted by Gasteiger charge is -2.14. The lowest BCUT2D eigenvalue weighted by Crippen LogP contribution is -1.96. The Bertz CT molecular complexity index is 4290. The summed E-state index contributed by atoms with van der Waals surface area (Å²) in [6.45, 7) is 0. The minimum Gasteiger partial charge on any atom is -0.309 e. The van der Waals surface area contributed by atoms with Crippen LogP contribution in [-0.4, -0.2) is 19.5 Å². The van der Waals surface area contributed by atoms with Gasteiger partial charge in [-0.25, -0.2) is 15.0 Å². The van der Waals surface area contributed by atoms with Crippen LogP contribution in [0.1, 0.15) is 0 Å². The molecule has 0 spiro atoms. The van der Waals surface area contributed by atoms with Crippen molar-refractivity contribution in [3.8, 4) is 50.7 Å². The topological polar surface area (TPSA) is 43.6 Å². The quantitative estimate of drug-likeness (QED) is 0.162. The number of nitrogens with zero attached hydrogens (tertiary/aromatic N) is 4. The molecule has 0 saturated carbocycles. The van der Waals surface area contributed by atoms with Crippen molar-refractivity contribution in [2.45, 2.75) is 0 Å². The van der Waals surface area contributed by atoms with E-state index >= 15 is 0 Å². The highest BCUT2D eigenvalue weighted by atomic mass is 15.0. The molecule has 67 heavy (non-hydrogen) atoms. The van der Waals surface area contributed by atoms with E-state index in [4.69, 9.17) is 15.0 Å². The summed E-state index contributed by atoms with van der Waals surface area (Å²) in [6.07, 6.45) is 0. The van der Waals surface area contributed by atoms with Gasteiger partial charge in [-0.2, -0.15) is 0 Å². The van der Waals surface area contributed by atoms with Gasteiger partial charge in [-0.15, -0.1) is 0 Å². The third kappa shape index (κ3) is 5.90. The van der Waals surface area contributed by atoms with Crippen LogP contribution in [0.4, 0.5) is 0 Å². The van der Waals surface area contributed by atoms with Gasteiger partial charge in [0.1, 0.15) is 0 Å². The van der Waals surface area contributed by atoms with Crippen LogP contribution in [0.2, 0.25) is 0 Å². The molecule has 0 aliphatic heterocycles. The molecule has 0 bridgehead atoms. The van der Waals surface area contributed by atoms with Gasteiger partial charge in [0.15, 0.2) is 5.82 Å².